The van der Waals surface area contributed by atoms with Crippen molar-refractivity contribution in [2.75, 3.05) is 6.61 Å². The molecule has 25 heavy (non-hydrogen) atoms. The summed E-state index contributed by atoms with van der Waals surface area (Å²) >= 11 is 3.30. The summed E-state index contributed by atoms with van der Waals surface area (Å²) in [7, 11) is 0. The Morgan fingerprint density at radius 2 is 2.00 bits per heavy atom. The molecule has 2 N–H and O–H groups in total. The molecule has 0 radical (unpaired) electrons. The summed E-state index contributed by atoms with van der Waals surface area (Å²) in [6.07, 6.45) is 2.89. The third-order valence-electron chi connectivity index (χ3n) is 3.76. The van der Waals surface area contributed by atoms with Crippen LogP contribution in [0.25, 0.3) is 0 Å². The summed E-state index contributed by atoms with van der Waals surface area (Å²) in [5, 5.41) is 4.91. The number of esters is 1. The van der Waals surface area contributed by atoms with Crippen LogP contribution in [0.4, 0.5) is 4.79 Å². The number of ether oxygens (including phenoxy) is 2. The zero-order valence-electron chi connectivity index (χ0n) is 13.9. The number of rotatable bonds is 6. The molecule has 136 valence electrons. The first-order valence-corrected chi connectivity index (χ1v) is 8.92. The molecule has 0 saturated heterocycles. The van der Waals surface area contributed by atoms with E-state index in [1.807, 2.05) is 6.07 Å². The Morgan fingerprint density at radius 1 is 1.28 bits per heavy atom. The summed E-state index contributed by atoms with van der Waals surface area (Å²) in [4.78, 5) is 35.4. The highest BCUT2D eigenvalue weighted by Crippen LogP contribution is 2.18. The number of amides is 3. The first-order chi connectivity index (χ1) is 11.9. The van der Waals surface area contributed by atoms with Crippen LogP contribution in [-0.2, 0) is 14.3 Å². The van der Waals surface area contributed by atoms with Crippen molar-refractivity contribution in [1.29, 1.82) is 0 Å². The Bertz CT molecular complexity index is 631. The molecule has 2 rings (SSSR count). The van der Waals surface area contributed by atoms with Gasteiger partial charge in [0.15, 0.2) is 12.7 Å². The van der Waals surface area contributed by atoms with Crippen molar-refractivity contribution in [2.24, 2.45) is 0 Å². The van der Waals surface area contributed by atoms with Gasteiger partial charge >= 0.3 is 12.0 Å². The number of hydrogen-bond donors (Lipinski definition) is 2. The second-order valence-corrected chi connectivity index (χ2v) is 6.74. The van der Waals surface area contributed by atoms with Crippen molar-refractivity contribution in [3.8, 4) is 5.75 Å². The van der Waals surface area contributed by atoms with Gasteiger partial charge in [0.05, 0.1) is 0 Å². The van der Waals surface area contributed by atoms with E-state index in [1.54, 1.807) is 18.2 Å². The Kier molecular flexibility index (Phi) is 7.24. The molecule has 1 aliphatic carbocycles. The number of imide groups is 1. The predicted molar refractivity (Wildman–Crippen MR) is 94.1 cm³/mol. The van der Waals surface area contributed by atoms with Gasteiger partial charge in [-0.1, -0.05) is 34.8 Å². The van der Waals surface area contributed by atoms with E-state index in [2.05, 4.69) is 26.6 Å². The first-order valence-electron chi connectivity index (χ1n) is 8.13. The van der Waals surface area contributed by atoms with Gasteiger partial charge in [0.1, 0.15) is 5.75 Å². The van der Waals surface area contributed by atoms with Crippen LogP contribution < -0.4 is 15.4 Å². The van der Waals surface area contributed by atoms with E-state index in [4.69, 9.17) is 9.47 Å². The Hall–Kier alpha value is -2.09. The van der Waals surface area contributed by atoms with Gasteiger partial charge in [0.25, 0.3) is 5.91 Å². The van der Waals surface area contributed by atoms with Gasteiger partial charge in [-0.15, -0.1) is 0 Å². The normalized spacial score (nSPS) is 15.3. The van der Waals surface area contributed by atoms with Gasteiger partial charge in [-0.2, -0.15) is 0 Å². The lowest BCUT2D eigenvalue weighted by atomic mass is 10.2. The number of benzene rings is 1. The summed E-state index contributed by atoms with van der Waals surface area (Å²) in [5.41, 5.74) is 0. The molecule has 1 aromatic rings. The Balaban J connectivity index is 1.70. The average Bonchev–Trinajstić information content (AvgIpc) is 3.05. The van der Waals surface area contributed by atoms with Crippen LogP contribution in [0.2, 0.25) is 0 Å². The lowest BCUT2D eigenvalue weighted by molar-refractivity contribution is -0.156. The van der Waals surface area contributed by atoms with Gasteiger partial charge in [-0.3, -0.25) is 10.1 Å². The average molecular weight is 413 g/mol. The van der Waals surface area contributed by atoms with E-state index < -0.39 is 24.0 Å². The molecule has 7 nitrogen and oxygen atoms in total. The van der Waals surface area contributed by atoms with Gasteiger partial charge in [0.2, 0.25) is 0 Å². The number of carbonyl (C=O) groups excluding carboxylic acids is 3. The van der Waals surface area contributed by atoms with Gasteiger partial charge < -0.3 is 14.8 Å². The molecular weight excluding hydrogens is 392 g/mol. The third-order valence-corrected chi connectivity index (χ3v) is 4.25. The van der Waals surface area contributed by atoms with Crippen molar-refractivity contribution >= 4 is 33.8 Å². The highest BCUT2D eigenvalue weighted by molar-refractivity contribution is 9.10. The fraction of sp³-hybridized carbons (Fsp3) is 0.471. The summed E-state index contributed by atoms with van der Waals surface area (Å²) < 4.78 is 11.1. The molecule has 1 saturated carbocycles. The third kappa shape index (κ3) is 6.74. The van der Waals surface area contributed by atoms with Crippen LogP contribution in [-0.4, -0.2) is 36.7 Å². The smallest absolute Gasteiger partial charge is 0.344 e. The lowest BCUT2D eigenvalue weighted by Crippen LogP contribution is -2.47. The van der Waals surface area contributed by atoms with Crippen LogP contribution >= 0.6 is 15.9 Å². The Morgan fingerprint density at radius 3 is 2.68 bits per heavy atom. The van der Waals surface area contributed by atoms with E-state index in [1.165, 1.54) is 6.92 Å². The Labute approximate surface area is 154 Å². The van der Waals surface area contributed by atoms with Crippen molar-refractivity contribution in [3.63, 3.8) is 0 Å². The molecule has 0 bridgehead atoms. The van der Waals surface area contributed by atoms with Crippen LogP contribution in [0.5, 0.6) is 5.75 Å². The van der Waals surface area contributed by atoms with Gasteiger partial charge in [-0.25, -0.2) is 9.59 Å². The molecule has 0 aromatic heterocycles. The maximum Gasteiger partial charge on any atom is 0.344 e. The molecule has 0 heterocycles. The maximum atomic E-state index is 11.9. The minimum atomic E-state index is -1.09. The fourth-order valence-electron chi connectivity index (χ4n) is 2.49. The molecule has 1 aliphatic rings. The highest BCUT2D eigenvalue weighted by atomic mass is 79.9. The SMILES string of the molecule is C[C@H](OC(=O)COc1cccc(Br)c1)C(=O)NC(=O)NC1CCCC1. The molecule has 0 unspecified atom stereocenters. The van der Waals surface area contributed by atoms with Crippen molar-refractivity contribution < 1.29 is 23.9 Å². The van der Waals surface area contributed by atoms with Crippen LogP contribution in [0, 0.1) is 0 Å². The number of nitrogens with one attached hydrogen (secondary N) is 2. The molecule has 3 amide bonds. The minimum absolute atomic E-state index is 0.101. The highest BCUT2D eigenvalue weighted by Gasteiger charge is 2.22. The molecule has 1 atom stereocenters. The number of hydrogen-bond acceptors (Lipinski definition) is 5. The fourth-order valence-corrected chi connectivity index (χ4v) is 2.87. The van der Waals surface area contributed by atoms with Crippen molar-refractivity contribution in [2.45, 2.75) is 44.8 Å². The molecule has 1 fully saturated rings. The standard InChI is InChI=1S/C17H21BrN2O5/c1-11(16(22)20-17(23)19-13-6-2-3-7-13)25-15(21)10-24-14-8-4-5-12(18)9-14/h4-5,8-9,11,13H,2-3,6-7,10H2,1H3,(H2,19,20,22,23)/t11-/m0/s1. The monoisotopic (exact) mass is 412 g/mol. The topological polar surface area (TPSA) is 93.7 Å². The van der Waals surface area contributed by atoms with E-state index in [-0.39, 0.29) is 12.6 Å². The minimum Gasteiger partial charge on any atom is -0.482 e. The largest absolute Gasteiger partial charge is 0.482 e. The van der Waals surface area contributed by atoms with E-state index in [9.17, 15) is 14.4 Å². The van der Waals surface area contributed by atoms with Crippen LogP contribution in [0.1, 0.15) is 32.6 Å². The molecule has 0 spiro atoms. The predicted octanol–water partition coefficient (Wildman–Crippen LogP) is 2.53. The summed E-state index contributed by atoms with van der Waals surface area (Å²) in [6, 6.07) is 6.53. The molecule has 8 heteroatoms. The second-order valence-electron chi connectivity index (χ2n) is 5.82. The lowest BCUT2D eigenvalue weighted by Gasteiger charge is -2.15. The zero-order valence-corrected chi connectivity index (χ0v) is 15.5. The quantitative estimate of drug-likeness (QED) is 0.700. The van der Waals surface area contributed by atoms with Gasteiger partial charge in [-0.05, 0) is 38.0 Å². The molecule has 1 aromatic carbocycles. The van der Waals surface area contributed by atoms with E-state index in [0.717, 1.165) is 30.2 Å². The summed E-state index contributed by atoms with van der Waals surface area (Å²) in [5.74, 6) is -0.871. The number of halogens is 1. The van der Waals surface area contributed by atoms with Gasteiger partial charge in [0, 0.05) is 10.5 Å². The van der Waals surface area contributed by atoms with Crippen molar-refractivity contribution in [3.05, 3.63) is 28.7 Å². The first kappa shape index (κ1) is 19.2. The van der Waals surface area contributed by atoms with Crippen LogP contribution in [0.15, 0.2) is 28.7 Å². The van der Waals surface area contributed by atoms with E-state index >= 15 is 0 Å². The second kappa shape index (κ2) is 9.41. The maximum absolute atomic E-state index is 11.9. The van der Waals surface area contributed by atoms with Crippen molar-refractivity contribution in [1.82, 2.24) is 10.6 Å². The number of carbonyl (C=O) groups is 3. The summed E-state index contributed by atoms with van der Waals surface area (Å²) in [6.45, 7) is 1.07. The number of urea groups is 1. The molecule has 0 aliphatic heterocycles. The molecular formula is C17H21BrN2O5. The van der Waals surface area contributed by atoms with Crippen LogP contribution in [0.3, 0.4) is 0 Å². The van der Waals surface area contributed by atoms with E-state index in [0.29, 0.717) is 5.75 Å². The zero-order chi connectivity index (χ0) is 18.2.